The molecule has 0 saturated carbocycles. The number of benzene rings is 1. The minimum Gasteiger partial charge on any atom is -0.441 e. The number of carbonyl (C=O) groups is 1. The number of carbonyl (C=O) groups excluding carboxylic acids is 1. The molecule has 1 aliphatic rings. The van der Waals surface area contributed by atoms with Crippen LogP contribution >= 0.6 is 11.6 Å². The number of halogens is 1. The molecule has 7 heteroatoms. The maximum absolute atomic E-state index is 12.5. The minimum atomic E-state index is 0.144. The van der Waals surface area contributed by atoms with Crippen LogP contribution in [0.25, 0.3) is 11.3 Å². The molecule has 0 radical (unpaired) electrons. The van der Waals surface area contributed by atoms with E-state index in [1.165, 1.54) is 0 Å². The van der Waals surface area contributed by atoms with Crippen molar-refractivity contribution >= 4 is 17.5 Å². The van der Waals surface area contributed by atoms with Crippen LogP contribution in [0.4, 0.5) is 0 Å². The highest BCUT2D eigenvalue weighted by Crippen LogP contribution is 2.29. The number of hydrogen-bond donors (Lipinski definition) is 1. The Bertz CT molecular complexity index is 898. The van der Waals surface area contributed by atoms with E-state index in [-0.39, 0.29) is 5.91 Å². The third kappa shape index (κ3) is 4.06. The smallest absolute Gasteiger partial charge is 0.223 e. The second-order valence-corrected chi connectivity index (χ2v) is 7.13. The summed E-state index contributed by atoms with van der Waals surface area (Å²) in [6.07, 6.45) is 8.05. The number of amides is 1. The minimum absolute atomic E-state index is 0.144. The van der Waals surface area contributed by atoms with Crippen molar-refractivity contribution in [3.05, 3.63) is 59.6 Å². The molecule has 4 rings (SSSR count). The Hall–Kier alpha value is -2.60. The summed E-state index contributed by atoms with van der Waals surface area (Å²) in [6, 6.07) is 7.48. The van der Waals surface area contributed by atoms with E-state index < -0.39 is 0 Å². The number of oxazole rings is 1. The van der Waals surface area contributed by atoms with Crippen molar-refractivity contribution in [2.75, 3.05) is 13.1 Å². The van der Waals surface area contributed by atoms with Gasteiger partial charge in [-0.1, -0.05) is 23.7 Å². The summed E-state index contributed by atoms with van der Waals surface area (Å²) < 4.78 is 5.78. The zero-order valence-corrected chi connectivity index (χ0v) is 15.7. The number of nitrogens with one attached hydrogen (secondary N) is 1. The fourth-order valence-corrected chi connectivity index (χ4v) is 3.72. The Morgan fingerprint density at radius 3 is 2.81 bits per heavy atom. The van der Waals surface area contributed by atoms with Crippen molar-refractivity contribution < 1.29 is 9.21 Å². The van der Waals surface area contributed by atoms with Gasteiger partial charge in [0.2, 0.25) is 5.91 Å². The van der Waals surface area contributed by atoms with Crippen LogP contribution in [0.3, 0.4) is 0 Å². The molecule has 27 heavy (non-hydrogen) atoms. The molecule has 0 bridgehead atoms. The summed E-state index contributed by atoms with van der Waals surface area (Å²) in [5.74, 6) is 2.76. The van der Waals surface area contributed by atoms with E-state index >= 15 is 0 Å². The van der Waals surface area contributed by atoms with Gasteiger partial charge in [0, 0.05) is 49.8 Å². The molecular weight excluding hydrogens is 364 g/mol. The van der Waals surface area contributed by atoms with Crippen molar-refractivity contribution in [2.45, 2.75) is 31.6 Å². The molecule has 0 unspecified atom stereocenters. The lowest BCUT2D eigenvalue weighted by atomic mass is 9.96. The highest BCUT2D eigenvalue weighted by Gasteiger charge is 2.25. The summed E-state index contributed by atoms with van der Waals surface area (Å²) in [7, 11) is 0. The first kappa shape index (κ1) is 17.8. The van der Waals surface area contributed by atoms with E-state index in [1.807, 2.05) is 35.4 Å². The number of aromatic amines is 1. The van der Waals surface area contributed by atoms with Gasteiger partial charge in [-0.3, -0.25) is 4.79 Å². The van der Waals surface area contributed by atoms with Gasteiger partial charge in [-0.05, 0) is 25.0 Å². The summed E-state index contributed by atoms with van der Waals surface area (Å²) in [5, 5.41) is 0.621. The van der Waals surface area contributed by atoms with Crippen molar-refractivity contribution in [2.24, 2.45) is 0 Å². The quantitative estimate of drug-likeness (QED) is 0.719. The molecule has 1 aromatic carbocycles. The monoisotopic (exact) mass is 384 g/mol. The number of imidazole rings is 1. The summed E-state index contributed by atoms with van der Waals surface area (Å²) in [4.78, 5) is 26.2. The summed E-state index contributed by atoms with van der Waals surface area (Å²) >= 11 is 6.19. The molecular formula is C20H21ClN4O2. The van der Waals surface area contributed by atoms with Gasteiger partial charge < -0.3 is 14.3 Å². The normalized spacial score (nSPS) is 15.2. The molecule has 1 aliphatic heterocycles. The molecule has 0 atom stereocenters. The fourth-order valence-electron chi connectivity index (χ4n) is 3.49. The van der Waals surface area contributed by atoms with E-state index in [2.05, 4.69) is 15.0 Å². The number of hydrogen-bond acceptors (Lipinski definition) is 4. The van der Waals surface area contributed by atoms with Gasteiger partial charge in [0.25, 0.3) is 0 Å². The molecule has 1 amide bonds. The Labute approximate surface area is 162 Å². The highest BCUT2D eigenvalue weighted by atomic mass is 35.5. The number of nitrogens with zero attached hydrogens (tertiary/aromatic N) is 3. The fraction of sp³-hybridized carbons (Fsp3) is 0.350. The predicted molar refractivity (Wildman–Crippen MR) is 102 cm³/mol. The maximum Gasteiger partial charge on any atom is 0.223 e. The molecule has 0 spiro atoms. The van der Waals surface area contributed by atoms with E-state index in [0.29, 0.717) is 35.4 Å². The van der Waals surface area contributed by atoms with Gasteiger partial charge in [0.1, 0.15) is 5.82 Å². The van der Waals surface area contributed by atoms with Crippen LogP contribution in [0.15, 0.2) is 47.3 Å². The van der Waals surface area contributed by atoms with Crippen LogP contribution in [0.2, 0.25) is 5.02 Å². The zero-order valence-electron chi connectivity index (χ0n) is 14.9. The molecule has 0 aliphatic carbocycles. The van der Waals surface area contributed by atoms with Crippen LogP contribution in [0.5, 0.6) is 0 Å². The topological polar surface area (TPSA) is 75.0 Å². The molecule has 1 saturated heterocycles. The maximum atomic E-state index is 12.5. The van der Waals surface area contributed by atoms with Gasteiger partial charge in [-0.15, -0.1) is 0 Å². The second kappa shape index (κ2) is 7.96. The lowest BCUT2D eigenvalue weighted by molar-refractivity contribution is -0.132. The Morgan fingerprint density at radius 2 is 2.07 bits per heavy atom. The molecule has 6 nitrogen and oxygen atoms in total. The second-order valence-electron chi connectivity index (χ2n) is 6.73. The number of rotatable bonds is 5. The molecule has 1 N–H and O–H groups in total. The average Bonchev–Trinajstić information content (AvgIpc) is 3.39. The van der Waals surface area contributed by atoms with Gasteiger partial charge in [0.05, 0.1) is 11.2 Å². The SMILES string of the molecule is O=C(CCc1ncc(-c2ccccc2Cl)o1)N1CCC(c2ncc[nH]2)CC1. The van der Waals surface area contributed by atoms with Crippen molar-refractivity contribution in [3.8, 4) is 11.3 Å². The van der Waals surface area contributed by atoms with Crippen molar-refractivity contribution in [1.82, 2.24) is 19.9 Å². The molecule has 140 valence electrons. The number of H-pyrrole nitrogens is 1. The zero-order chi connectivity index (χ0) is 18.6. The summed E-state index contributed by atoms with van der Waals surface area (Å²) in [6.45, 7) is 1.53. The van der Waals surface area contributed by atoms with E-state index in [1.54, 1.807) is 12.4 Å². The van der Waals surface area contributed by atoms with Crippen LogP contribution in [0, 0.1) is 0 Å². The first-order valence-corrected chi connectivity index (χ1v) is 9.55. The van der Waals surface area contributed by atoms with Crippen molar-refractivity contribution in [3.63, 3.8) is 0 Å². The number of aryl methyl sites for hydroxylation is 1. The molecule has 3 heterocycles. The number of likely N-dealkylation sites (tertiary alicyclic amines) is 1. The lowest BCUT2D eigenvalue weighted by Crippen LogP contribution is -2.38. The van der Waals surface area contributed by atoms with Gasteiger partial charge in [0.15, 0.2) is 11.7 Å². The average molecular weight is 385 g/mol. The first-order chi connectivity index (χ1) is 13.2. The van der Waals surface area contributed by atoms with E-state index in [0.717, 1.165) is 37.3 Å². The van der Waals surface area contributed by atoms with Gasteiger partial charge >= 0.3 is 0 Å². The molecule has 1 fully saturated rings. The Balaban J connectivity index is 1.29. The third-order valence-corrected chi connectivity index (χ3v) is 5.33. The Morgan fingerprint density at radius 1 is 1.26 bits per heavy atom. The van der Waals surface area contributed by atoms with Crippen LogP contribution in [-0.2, 0) is 11.2 Å². The molecule has 3 aromatic rings. The largest absolute Gasteiger partial charge is 0.441 e. The Kier molecular flexibility index (Phi) is 5.25. The molecule has 2 aromatic heterocycles. The van der Waals surface area contributed by atoms with Gasteiger partial charge in [-0.2, -0.15) is 0 Å². The third-order valence-electron chi connectivity index (χ3n) is 5.00. The number of piperidine rings is 1. The summed E-state index contributed by atoms with van der Waals surface area (Å²) in [5.41, 5.74) is 0.809. The lowest BCUT2D eigenvalue weighted by Gasteiger charge is -2.31. The predicted octanol–water partition coefficient (Wildman–Crippen LogP) is 4.06. The van der Waals surface area contributed by atoms with Gasteiger partial charge in [-0.25, -0.2) is 9.97 Å². The standard InChI is InChI=1S/C20H21ClN4O2/c21-16-4-2-1-3-15(16)17-13-24-18(27-17)5-6-19(26)25-11-7-14(8-12-25)20-22-9-10-23-20/h1-4,9-10,13-14H,5-8,11-12H2,(H,22,23). The number of aromatic nitrogens is 3. The van der Waals surface area contributed by atoms with Crippen LogP contribution < -0.4 is 0 Å². The van der Waals surface area contributed by atoms with Crippen LogP contribution in [-0.4, -0.2) is 38.8 Å². The van der Waals surface area contributed by atoms with E-state index in [4.69, 9.17) is 16.0 Å². The van der Waals surface area contributed by atoms with Crippen molar-refractivity contribution in [1.29, 1.82) is 0 Å². The highest BCUT2D eigenvalue weighted by molar-refractivity contribution is 6.33. The van der Waals surface area contributed by atoms with Crippen LogP contribution in [0.1, 0.15) is 36.9 Å². The van der Waals surface area contributed by atoms with E-state index in [9.17, 15) is 4.79 Å². The first-order valence-electron chi connectivity index (χ1n) is 9.17.